The summed E-state index contributed by atoms with van der Waals surface area (Å²) in [6, 6.07) is 5.84. The molecule has 0 radical (unpaired) electrons. The monoisotopic (exact) mass is 296 g/mol. The number of nitrogens with zero attached hydrogens (tertiary/aromatic N) is 2. The van der Waals surface area contributed by atoms with Gasteiger partial charge in [-0.25, -0.2) is 10.4 Å². The summed E-state index contributed by atoms with van der Waals surface area (Å²) in [6.45, 7) is 1.65. The van der Waals surface area contributed by atoms with E-state index in [4.69, 9.17) is 0 Å². The largest absolute Gasteiger partial charge is 0.416 e. The first kappa shape index (κ1) is 14.8. The van der Waals surface area contributed by atoms with Gasteiger partial charge in [0, 0.05) is 11.8 Å². The number of hydrogen-bond acceptors (Lipinski definition) is 4. The van der Waals surface area contributed by atoms with Crippen LogP contribution in [0.4, 0.5) is 19.1 Å². The van der Waals surface area contributed by atoms with Crippen molar-refractivity contribution in [3.63, 3.8) is 0 Å². The number of aromatic nitrogens is 2. The summed E-state index contributed by atoms with van der Waals surface area (Å²) in [5, 5.41) is 3.80. The first-order chi connectivity index (χ1) is 9.84. The number of H-pyrrole nitrogens is 1. The standard InChI is InChI=1S/C13H11F3N4O/c1-8-6-11(21)19-12(18-8)20-17-7-9-2-4-10(5-3-9)13(14,15)16/h2-7H,1H3,(H2,18,19,20,21)/b17-7+. The van der Waals surface area contributed by atoms with Crippen LogP contribution in [-0.2, 0) is 6.18 Å². The lowest BCUT2D eigenvalue weighted by Crippen LogP contribution is -2.10. The van der Waals surface area contributed by atoms with Gasteiger partial charge in [-0.05, 0) is 24.6 Å². The zero-order chi connectivity index (χ0) is 15.5. The maximum Gasteiger partial charge on any atom is 0.416 e. The van der Waals surface area contributed by atoms with Gasteiger partial charge in [0.1, 0.15) is 0 Å². The molecule has 2 N–H and O–H groups in total. The zero-order valence-corrected chi connectivity index (χ0v) is 10.9. The minimum Gasteiger partial charge on any atom is -0.291 e. The van der Waals surface area contributed by atoms with E-state index < -0.39 is 11.7 Å². The van der Waals surface area contributed by atoms with Gasteiger partial charge < -0.3 is 0 Å². The van der Waals surface area contributed by atoms with E-state index in [1.54, 1.807) is 6.92 Å². The minimum absolute atomic E-state index is 0.156. The Balaban J connectivity index is 2.06. The molecule has 110 valence electrons. The Hall–Kier alpha value is -2.64. The number of aryl methyl sites for hydroxylation is 1. The molecule has 5 nitrogen and oxygen atoms in total. The molecule has 0 saturated carbocycles. The highest BCUT2D eigenvalue weighted by Gasteiger charge is 2.29. The fourth-order valence-corrected chi connectivity index (χ4v) is 1.56. The highest BCUT2D eigenvalue weighted by atomic mass is 19.4. The molecule has 0 bridgehead atoms. The molecule has 1 heterocycles. The van der Waals surface area contributed by atoms with Gasteiger partial charge in [0.05, 0.1) is 11.8 Å². The summed E-state index contributed by atoms with van der Waals surface area (Å²) in [7, 11) is 0. The number of aromatic amines is 1. The number of alkyl halides is 3. The normalized spacial score (nSPS) is 11.8. The summed E-state index contributed by atoms with van der Waals surface area (Å²) in [5.41, 5.74) is 2.45. The molecule has 0 unspecified atom stereocenters. The Morgan fingerprint density at radius 1 is 1.29 bits per heavy atom. The zero-order valence-electron chi connectivity index (χ0n) is 10.9. The first-order valence-electron chi connectivity index (χ1n) is 5.89. The van der Waals surface area contributed by atoms with Crippen LogP contribution in [0, 0.1) is 6.92 Å². The van der Waals surface area contributed by atoms with Crippen LogP contribution in [0.5, 0.6) is 0 Å². The lowest BCUT2D eigenvalue weighted by molar-refractivity contribution is -0.137. The van der Waals surface area contributed by atoms with E-state index in [-0.39, 0.29) is 11.5 Å². The molecular formula is C13H11F3N4O. The van der Waals surface area contributed by atoms with Crippen LogP contribution in [-0.4, -0.2) is 16.2 Å². The van der Waals surface area contributed by atoms with Crippen LogP contribution >= 0.6 is 0 Å². The average Bonchev–Trinajstić information content (AvgIpc) is 2.37. The summed E-state index contributed by atoms with van der Waals surface area (Å²) in [5.74, 6) is 0.156. The predicted octanol–water partition coefficient (Wildman–Crippen LogP) is 2.54. The molecule has 2 aromatic rings. The molecule has 0 aliphatic carbocycles. The number of halogens is 3. The molecule has 21 heavy (non-hydrogen) atoms. The van der Waals surface area contributed by atoms with Crippen molar-refractivity contribution in [2.75, 3.05) is 5.43 Å². The Bertz CT molecular complexity index is 705. The maximum atomic E-state index is 12.4. The van der Waals surface area contributed by atoms with Crippen LogP contribution in [0.1, 0.15) is 16.8 Å². The van der Waals surface area contributed by atoms with E-state index in [0.717, 1.165) is 12.1 Å². The van der Waals surface area contributed by atoms with Crippen molar-refractivity contribution < 1.29 is 13.2 Å². The molecule has 8 heteroatoms. The smallest absolute Gasteiger partial charge is 0.291 e. The van der Waals surface area contributed by atoms with E-state index >= 15 is 0 Å². The molecule has 0 spiro atoms. The Morgan fingerprint density at radius 3 is 2.52 bits per heavy atom. The third kappa shape index (κ3) is 4.16. The molecular weight excluding hydrogens is 285 g/mol. The fraction of sp³-hybridized carbons (Fsp3) is 0.154. The van der Waals surface area contributed by atoms with Gasteiger partial charge in [-0.15, -0.1) is 0 Å². The second kappa shape index (κ2) is 5.78. The topological polar surface area (TPSA) is 70.1 Å². The minimum atomic E-state index is -4.36. The summed E-state index contributed by atoms with van der Waals surface area (Å²) in [4.78, 5) is 17.6. The Morgan fingerprint density at radius 2 is 1.95 bits per heavy atom. The number of benzene rings is 1. The van der Waals surface area contributed by atoms with Crippen molar-refractivity contribution in [3.05, 3.63) is 57.5 Å². The summed E-state index contributed by atoms with van der Waals surface area (Å²) in [6.07, 6.45) is -3.04. The van der Waals surface area contributed by atoms with Gasteiger partial charge in [-0.1, -0.05) is 12.1 Å². The molecule has 0 amide bonds. The number of hydrazone groups is 1. The van der Waals surface area contributed by atoms with Crippen molar-refractivity contribution in [1.82, 2.24) is 9.97 Å². The molecule has 0 fully saturated rings. The number of anilines is 1. The fourth-order valence-electron chi connectivity index (χ4n) is 1.56. The van der Waals surface area contributed by atoms with Crippen molar-refractivity contribution >= 4 is 12.2 Å². The highest BCUT2D eigenvalue weighted by molar-refractivity contribution is 5.80. The quantitative estimate of drug-likeness (QED) is 0.675. The van der Waals surface area contributed by atoms with Crippen molar-refractivity contribution in [3.8, 4) is 0 Å². The molecule has 0 atom stereocenters. The van der Waals surface area contributed by atoms with Gasteiger partial charge in [0.15, 0.2) is 0 Å². The number of rotatable bonds is 3. The van der Waals surface area contributed by atoms with Crippen LogP contribution in [0.15, 0.2) is 40.2 Å². The molecule has 0 saturated heterocycles. The van der Waals surface area contributed by atoms with E-state index in [0.29, 0.717) is 11.3 Å². The molecule has 2 rings (SSSR count). The van der Waals surface area contributed by atoms with Gasteiger partial charge in [-0.3, -0.25) is 9.78 Å². The van der Waals surface area contributed by atoms with E-state index in [1.807, 2.05) is 0 Å². The van der Waals surface area contributed by atoms with Gasteiger partial charge >= 0.3 is 6.18 Å². The van der Waals surface area contributed by atoms with E-state index in [9.17, 15) is 18.0 Å². The first-order valence-corrected chi connectivity index (χ1v) is 5.89. The maximum absolute atomic E-state index is 12.4. The Labute approximate surface area is 117 Å². The van der Waals surface area contributed by atoms with Crippen LogP contribution < -0.4 is 11.0 Å². The SMILES string of the molecule is Cc1cc(=O)[nH]c(N/N=C/c2ccc(C(F)(F)F)cc2)n1. The van der Waals surface area contributed by atoms with E-state index in [2.05, 4.69) is 20.5 Å². The highest BCUT2D eigenvalue weighted by Crippen LogP contribution is 2.28. The van der Waals surface area contributed by atoms with Gasteiger partial charge in [0.25, 0.3) is 5.56 Å². The van der Waals surface area contributed by atoms with Crippen molar-refractivity contribution in [2.45, 2.75) is 13.1 Å². The molecule has 1 aromatic heterocycles. The lowest BCUT2D eigenvalue weighted by atomic mass is 10.1. The van der Waals surface area contributed by atoms with Crippen molar-refractivity contribution in [1.29, 1.82) is 0 Å². The summed E-state index contributed by atoms with van der Waals surface area (Å²) >= 11 is 0. The van der Waals surface area contributed by atoms with Gasteiger partial charge in [-0.2, -0.15) is 18.3 Å². The molecule has 0 aliphatic rings. The van der Waals surface area contributed by atoms with Crippen LogP contribution in [0.3, 0.4) is 0 Å². The Kier molecular flexibility index (Phi) is 4.06. The van der Waals surface area contributed by atoms with Gasteiger partial charge in [0.2, 0.25) is 5.95 Å². The van der Waals surface area contributed by atoms with Crippen LogP contribution in [0.2, 0.25) is 0 Å². The lowest BCUT2D eigenvalue weighted by Gasteiger charge is -2.05. The predicted molar refractivity (Wildman–Crippen MR) is 72.3 cm³/mol. The summed E-state index contributed by atoms with van der Waals surface area (Å²) < 4.78 is 37.1. The molecule has 1 aromatic carbocycles. The van der Waals surface area contributed by atoms with Crippen LogP contribution in [0.25, 0.3) is 0 Å². The third-order valence-electron chi connectivity index (χ3n) is 2.49. The van der Waals surface area contributed by atoms with Crippen molar-refractivity contribution in [2.24, 2.45) is 5.10 Å². The number of nitrogens with one attached hydrogen (secondary N) is 2. The van der Waals surface area contributed by atoms with E-state index in [1.165, 1.54) is 24.4 Å². The average molecular weight is 296 g/mol. The third-order valence-corrected chi connectivity index (χ3v) is 2.49. The number of hydrogen-bond donors (Lipinski definition) is 2. The second-order valence-corrected chi connectivity index (χ2v) is 4.23. The molecule has 0 aliphatic heterocycles. The second-order valence-electron chi connectivity index (χ2n) is 4.23.